The Morgan fingerprint density at radius 1 is 1.39 bits per heavy atom. The van der Waals surface area contributed by atoms with Crippen LogP contribution in [0.5, 0.6) is 5.75 Å². The highest BCUT2D eigenvalue weighted by Crippen LogP contribution is 2.20. The van der Waals surface area contributed by atoms with Crippen molar-refractivity contribution in [2.24, 2.45) is 0 Å². The number of hydrogen-bond acceptors (Lipinski definition) is 3. The summed E-state index contributed by atoms with van der Waals surface area (Å²) in [5.74, 6) is -2.94. The van der Waals surface area contributed by atoms with Crippen molar-refractivity contribution in [3.05, 3.63) is 29.6 Å². The number of phenols is 1. The number of carboxylic acid groups (broad SMARTS) is 1. The molecule has 1 amide bonds. The molecule has 0 saturated carbocycles. The smallest absolute Gasteiger partial charge is 0.323 e. The lowest BCUT2D eigenvalue weighted by atomic mass is 10.1. The zero-order valence-electron chi connectivity index (χ0n) is 10.1. The molecule has 0 aromatic heterocycles. The molecule has 1 aromatic rings. The van der Waals surface area contributed by atoms with Crippen LogP contribution in [0.25, 0.3) is 0 Å². The SMILES string of the molecule is CC(C)N(CC(=O)O)C(=O)c1cc(F)ccc1O. The molecule has 0 aliphatic heterocycles. The maximum atomic E-state index is 13.0. The van der Waals surface area contributed by atoms with Crippen molar-refractivity contribution in [1.82, 2.24) is 4.90 Å². The second-order valence-corrected chi connectivity index (χ2v) is 4.08. The summed E-state index contributed by atoms with van der Waals surface area (Å²) in [6.45, 7) is 2.76. The van der Waals surface area contributed by atoms with E-state index in [0.717, 1.165) is 23.1 Å². The van der Waals surface area contributed by atoms with E-state index in [2.05, 4.69) is 0 Å². The third-order valence-corrected chi connectivity index (χ3v) is 2.38. The average molecular weight is 255 g/mol. The molecule has 0 fully saturated rings. The fourth-order valence-corrected chi connectivity index (χ4v) is 1.47. The summed E-state index contributed by atoms with van der Waals surface area (Å²) in [5.41, 5.74) is -0.245. The maximum absolute atomic E-state index is 13.0. The number of halogens is 1. The molecule has 0 bridgehead atoms. The molecule has 1 aromatic carbocycles. The van der Waals surface area contributed by atoms with Gasteiger partial charge in [0.15, 0.2) is 0 Å². The van der Waals surface area contributed by atoms with E-state index in [9.17, 15) is 19.1 Å². The Morgan fingerprint density at radius 3 is 2.50 bits per heavy atom. The van der Waals surface area contributed by atoms with Gasteiger partial charge in [-0.3, -0.25) is 9.59 Å². The number of rotatable bonds is 4. The van der Waals surface area contributed by atoms with Gasteiger partial charge in [0.25, 0.3) is 5.91 Å². The molecule has 6 heteroatoms. The van der Waals surface area contributed by atoms with Crippen LogP contribution in [0.2, 0.25) is 0 Å². The van der Waals surface area contributed by atoms with Gasteiger partial charge in [0.2, 0.25) is 0 Å². The van der Waals surface area contributed by atoms with Gasteiger partial charge in [0.05, 0.1) is 5.56 Å². The normalized spacial score (nSPS) is 10.4. The largest absolute Gasteiger partial charge is 0.507 e. The zero-order valence-corrected chi connectivity index (χ0v) is 10.1. The third kappa shape index (κ3) is 3.19. The van der Waals surface area contributed by atoms with Gasteiger partial charge in [-0.25, -0.2) is 4.39 Å². The van der Waals surface area contributed by atoms with Gasteiger partial charge in [-0.05, 0) is 32.0 Å². The van der Waals surface area contributed by atoms with Crippen molar-refractivity contribution < 1.29 is 24.2 Å². The quantitative estimate of drug-likeness (QED) is 0.854. The molecule has 0 aliphatic rings. The zero-order chi connectivity index (χ0) is 13.9. The Kier molecular flexibility index (Phi) is 4.25. The van der Waals surface area contributed by atoms with Crippen LogP contribution in [0, 0.1) is 5.82 Å². The van der Waals surface area contributed by atoms with Gasteiger partial charge in [-0.1, -0.05) is 0 Å². The van der Waals surface area contributed by atoms with Crippen molar-refractivity contribution in [2.75, 3.05) is 6.54 Å². The summed E-state index contributed by atoms with van der Waals surface area (Å²) in [4.78, 5) is 23.7. The molecule has 0 heterocycles. The first-order valence-corrected chi connectivity index (χ1v) is 5.34. The monoisotopic (exact) mass is 255 g/mol. The van der Waals surface area contributed by atoms with Crippen molar-refractivity contribution >= 4 is 11.9 Å². The van der Waals surface area contributed by atoms with E-state index in [1.165, 1.54) is 0 Å². The molecular formula is C12H14FNO4. The summed E-state index contributed by atoms with van der Waals surface area (Å²) in [6, 6.07) is 2.58. The molecule has 5 nitrogen and oxygen atoms in total. The van der Waals surface area contributed by atoms with Crippen LogP contribution in [-0.2, 0) is 4.79 Å². The molecule has 0 unspecified atom stereocenters. The molecule has 2 N–H and O–H groups in total. The van der Waals surface area contributed by atoms with Gasteiger partial charge in [-0.2, -0.15) is 0 Å². The molecule has 98 valence electrons. The van der Waals surface area contributed by atoms with Gasteiger partial charge < -0.3 is 15.1 Å². The van der Waals surface area contributed by atoms with Crippen molar-refractivity contribution in [2.45, 2.75) is 19.9 Å². The number of amides is 1. The second-order valence-electron chi connectivity index (χ2n) is 4.08. The number of carboxylic acids is 1. The van der Waals surface area contributed by atoms with Crippen molar-refractivity contribution in [3.63, 3.8) is 0 Å². The molecule has 0 spiro atoms. The molecule has 0 saturated heterocycles. The lowest BCUT2D eigenvalue weighted by Crippen LogP contribution is -2.40. The topological polar surface area (TPSA) is 77.8 Å². The van der Waals surface area contributed by atoms with E-state index in [1.54, 1.807) is 13.8 Å². The Bertz CT molecular complexity index is 473. The highest BCUT2D eigenvalue weighted by Gasteiger charge is 2.23. The summed E-state index contributed by atoms with van der Waals surface area (Å²) >= 11 is 0. The van der Waals surface area contributed by atoms with E-state index in [1.807, 2.05) is 0 Å². The molecule has 0 atom stereocenters. The second kappa shape index (κ2) is 5.48. The van der Waals surface area contributed by atoms with Crippen LogP contribution in [-0.4, -0.2) is 39.6 Å². The number of hydrogen-bond donors (Lipinski definition) is 2. The highest BCUT2D eigenvalue weighted by molar-refractivity contribution is 5.98. The predicted octanol–water partition coefficient (Wildman–Crippen LogP) is 1.47. The first kappa shape index (κ1) is 14.0. The first-order valence-electron chi connectivity index (χ1n) is 5.34. The Morgan fingerprint density at radius 2 is 2.00 bits per heavy atom. The van der Waals surface area contributed by atoms with Crippen molar-refractivity contribution in [1.29, 1.82) is 0 Å². The Hall–Kier alpha value is -2.11. The summed E-state index contributed by atoms with van der Waals surface area (Å²) in [7, 11) is 0. The lowest BCUT2D eigenvalue weighted by molar-refractivity contribution is -0.138. The minimum Gasteiger partial charge on any atom is -0.507 e. The molecular weight excluding hydrogens is 241 g/mol. The van der Waals surface area contributed by atoms with Gasteiger partial charge in [0.1, 0.15) is 18.1 Å². The van der Waals surface area contributed by atoms with Crippen LogP contribution in [0.15, 0.2) is 18.2 Å². The van der Waals surface area contributed by atoms with E-state index < -0.39 is 24.2 Å². The lowest BCUT2D eigenvalue weighted by Gasteiger charge is -2.25. The van der Waals surface area contributed by atoms with Gasteiger partial charge >= 0.3 is 5.97 Å². The number of benzene rings is 1. The summed E-state index contributed by atoms with van der Waals surface area (Å²) in [5, 5.41) is 18.2. The highest BCUT2D eigenvalue weighted by atomic mass is 19.1. The number of carbonyl (C=O) groups excluding carboxylic acids is 1. The molecule has 0 radical (unpaired) electrons. The minimum absolute atomic E-state index is 0.245. The number of aliphatic carboxylic acids is 1. The fraction of sp³-hybridized carbons (Fsp3) is 0.333. The van der Waals surface area contributed by atoms with Crippen molar-refractivity contribution in [3.8, 4) is 5.75 Å². The first-order chi connectivity index (χ1) is 8.32. The standard InChI is InChI=1S/C12H14FNO4/c1-7(2)14(6-11(16)17)12(18)9-5-8(13)3-4-10(9)15/h3-5,7,15H,6H2,1-2H3,(H,16,17). The van der Waals surface area contributed by atoms with Gasteiger partial charge in [0, 0.05) is 6.04 Å². The van der Waals surface area contributed by atoms with E-state index in [-0.39, 0.29) is 17.4 Å². The summed E-state index contributed by atoms with van der Waals surface area (Å²) in [6.07, 6.45) is 0. The maximum Gasteiger partial charge on any atom is 0.323 e. The van der Waals surface area contributed by atoms with Crippen LogP contribution < -0.4 is 0 Å². The van der Waals surface area contributed by atoms with E-state index >= 15 is 0 Å². The van der Waals surface area contributed by atoms with Gasteiger partial charge in [-0.15, -0.1) is 0 Å². The number of nitrogens with zero attached hydrogens (tertiary/aromatic N) is 1. The molecule has 18 heavy (non-hydrogen) atoms. The summed E-state index contributed by atoms with van der Waals surface area (Å²) < 4.78 is 13.0. The van der Waals surface area contributed by atoms with Crippen LogP contribution in [0.1, 0.15) is 24.2 Å². The fourth-order valence-electron chi connectivity index (χ4n) is 1.47. The third-order valence-electron chi connectivity index (χ3n) is 2.38. The Labute approximate surface area is 103 Å². The predicted molar refractivity (Wildman–Crippen MR) is 61.9 cm³/mol. The van der Waals surface area contributed by atoms with Crippen LogP contribution >= 0.6 is 0 Å². The van der Waals surface area contributed by atoms with Crippen LogP contribution in [0.4, 0.5) is 4.39 Å². The van der Waals surface area contributed by atoms with Crippen LogP contribution in [0.3, 0.4) is 0 Å². The molecule has 1 rings (SSSR count). The number of aromatic hydroxyl groups is 1. The Balaban J connectivity index is 3.09. The number of carbonyl (C=O) groups is 2. The number of phenolic OH excluding ortho intramolecular Hbond substituents is 1. The molecule has 0 aliphatic carbocycles. The average Bonchev–Trinajstić information content (AvgIpc) is 2.27. The van der Waals surface area contributed by atoms with E-state index in [0.29, 0.717) is 0 Å². The van der Waals surface area contributed by atoms with E-state index in [4.69, 9.17) is 5.11 Å². The minimum atomic E-state index is -1.17.